The van der Waals surface area contributed by atoms with Crippen molar-refractivity contribution < 1.29 is 22.8 Å². The number of aldehydes is 1. The fourth-order valence-corrected chi connectivity index (χ4v) is 5.86. The van der Waals surface area contributed by atoms with Gasteiger partial charge in [-0.2, -0.15) is 0 Å². The Hall–Kier alpha value is 0.161. The molecule has 0 aliphatic carbocycles. The molecule has 0 radical (unpaired) electrons. The van der Waals surface area contributed by atoms with Crippen LogP contribution in [0.1, 0.15) is 0 Å². The lowest BCUT2D eigenvalue weighted by Gasteiger charge is -2.46. The molecule has 1 aliphatic heterocycles. The number of carbonyl (C=O) groups excluding carboxylic acids is 1. The third-order valence-corrected chi connectivity index (χ3v) is 6.05. The molecule has 1 saturated heterocycles. The minimum Gasteiger partial charge on any atom is -0.410 e. The van der Waals surface area contributed by atoms with Crippen LogP contribution in [0.2, 0.25) is 58.9 Å². The Morgan fingerprint density at radius 1 is 0.783 bits per heavy atom. The third kappa shape index (κ3) is 7.72. The van der Waals surface area contributed by atoms with Crippen molar-refractivity contribution in [2.75, 3.05) is 6.61 Å². The molecule has 4 atom stereocenters. The van der Waals surface area contributed by atoms with E-state index in [0.29, 0.717) is 6.61 Å². The lowest BCUT2D eigenvalue weighted by molar-refractivity contribution is -0.171. The van der Waals surface area contributed by atoms with Gasteiger partial charge in [0.2, 0.25) is 0 Å². The van der Waals surface area contributed by atoms with E-state index < -0.39 is 31.1 Å². The average Bonchev–Trinajstić information content (AvgIpc) is 2.28. The van der Waals surface area contributed by atoms with Gasteiger partial charge >= 0.3 is 0 Å². The van der Waals surface area contributed by atoms with Gasteiger partial charge in [0, 0.05) is 0 Å². The number of rotatable bonds is 7. The molecule has 5 nitrogen and oxygen atoms in total. The molecule has 8 heteroatoms. The Bertz CT molecular complexity index is 397. The fraction of sp³-hybridized carbons (Fsp3) is 0.933. The Kier molecular flexibility index (Phi) is 7.00. The molecule has 0 spiro atoms. The molecule has 1 fully saturated rings. The van der Waals surface area contributed by atoms with Crippen molar-refractivity contribution in [3.63, 3.8) is 0 Å². The van der Waals surface area contributed by atoms with Crippen molar-refractivity contribution >= 4 is 31.2 Å². The summed E-state index contributed by atoms with van der Waals surface area (Å²) in [5.74, 6) is 0. The van der Waals surface area contributed by atoms with Crippen LogP contribution in [0.15, 0.2) is 0 Å². The maximum absolute atomic E-state index is 11.5. The molecule has 0 aromatic carbocycles. The predicted molar refractivity (Wildman–Crippen MR) is 100 cm³/mol. The number of hydrogen-bond acceptors (Lipinski definition) is 5. The standard InChI is InChI=1S/C15H34O5Si3/c1-21(2,3)18-13-11-17-12(10-16)14(19-22(4,5)6)15(13)20-23(7,8)9/h10,12-15H,11H2,1-9H3/t12-,13?,14?,15?/m1/s1. The van der Waals surface area contributed by atoms with E-state index in [2.05, 4.69) is 58.9 Å². The second kappa shape index (κ2) is 7.59. The zero-order chi connectivity index (χ0) is 18.1. The molecular weight excluding hydrogens is 344 g/mol. The molecule has 0 aromatic rings. The summed E-state index contributed by atoms with van der Waals surface area (Å²) in [5, 5.41) is 0. The van der Waals surface area contributed by atoms with Gasteiger partial charge in [-0.3, -0.25) is 0 Å². The smallest absolute Gasteiger partial charge is 0.184 e. The van der Waals surface area contributed by atoms with Gasteiger partial charge in [0.15, 0.2) is 31.2 Å². The van der Waals surface area contributed by atoms with E-state index in [0.717, 1.165) is 6.29 Å². The van der Waals surface area contributed by atoms with Crippen LogP contribution in [0.25, 0.3) is 0 Å². The summed E-state index contributed by atoms with van der Waals surface area (Å²) in [7, 11) is -5.44. The quantitative estimate of drug-likeness (QED) is 0.503. The second-order valence-electron chi connectivity index (χ2n) is 9.09. The first-order valence-corrected chi connectivity index (χ1v) is 18.5. The van der Waals surface area contributed by atoms with Crippen LogP contribution in [-0.4, -0.2) is 62.3 Å². The van der Waals surface area contributed by atoms with Crippen LogP contribution < -0.4 is 0 Å². The van der Waals surface area contributed by atoms with Crippen LogP contribution in [0, 0.1) is 0 Å². The molecule has 0 saturated carbocycles. The molecular formula is C15H34O5Si3. The zero-order valence-electron chi connectivity index (χ0n) is 16.1. The highest BCUT2D eigenvalue weighted by molar-refractivity contribution is 6.70. The lowest BCUT2D eigenvalue weighted by Crippen LogP contribution is -2.62. The minimum atomic E-state index is -1.86. The van der Waals surface area contributed by atoms with Crippen molar-refractivity contribution in [1.82, 2.24) is 0 Å². The van der Waals surface area contributed by atoms with Crippen molar-refractivity contribution in [3.8, 4) is 0 Å². The maximum atomic E-state index is 11.5. The highest BCUT2D eigenvalue weighted by atomic mass is 28.4. The molecule has 3 unspecified atom stereocenters. The first-order chi connectivity index (χ1) is 10.2. The van der Waals surface area contributed by atoms with Gasteiger partial charge < -0.3 is 22.8 Å². The molecule has 0 bridgehead atoms. The van der Waals surface area contributed by atoms with E-state index in [4.69, 9.17) is 18.0 Å². The van der Waals surface area contributed by atoms with Crippen molar-refractivity contribution in [2.45, 2.75) is 83.3 Å². The van der Waals surface area contributed by atoms with Crippen LogP contribution in [-0.2, 0) is 22.8 Å². The predicted octanol–water partition coefficient (Wildman–Crippen LogP) is 3.24. The minimum absolute atomic E-state index is 0.175. The Labute approximate surface area is 144 Å². The van der Waals surface area contributed by atoms with Gasteiger partial charge in [-0.1, -0.05) is 0 Å². The molecule has 0 amide bonds. The van der Waals surface area contributed by atoms with Crippen LogP contribution in [0.3, 0.4) is 0 Å². The van der Waals surface area contributed by atoms with Crippen molar-refractivity contribution in [3.05, 3.63) is 0 Å². The molecule has 0 N–H and O–H groups in total. The van der Waals surface area contributed by atoms with E-state index in [1.807, 2.05) is 0 Å². The molecule has 136 valence electrons. The van der Waals surface area contributed by atoms with E-state index >= 15 is 0 Å². The number of hydrogen-bond donors (Lipinski definition) is 0. The van der Waals surface area contributed by atoms with Gasteiger partial charge in [-0.25, -0.2) is 0 Å². The molecule has 1 rings (SSSR count). The van der Waals surface area contributed by atoms with Crippen LogP contribution in [0.5, 0.6) is 0 Å². The maximum Gasteiger partial charge on any atom is 0.184 e. The zero-order valence-corrected chi connectivity index (χ0v) is 19.1. The third-order valence-electron chi connectivity index (χ3n) is 3.09. The Morgan fingerprint density at radius 3 is 1.61 bits per heavy atom. The number of carbonyl (C=O) groups is 1. The van der Waals surface area contributed by atoms with Crippen LogP contribution in [0.4, 0.5) is 0 Å². The van der Waals surface area contributed by atoms with Crippen LogP contribution >= 0.6 is 0 Å². The first kappa shape index (κ1) is 21.2. The summed E-state index contributed by atoms with van der Waals surface area (Å²) in [4.78, 5) is 11.5. The highest BCUT2D eigenvalue weighted by Gasteiger charge is 2.47. The first-order valence-electron chi connectivity index (χ1n) is 8.32. The van der Waals surface area contributed by atoms with E-state index in [-0.39, 0.29) is 18.3 Å². The van der Waals surface area contributed by atoms with E-state index in [9.17, 15) is 4.79 Å². The monoisotopic (exact) mass is 378 g/mol. The van der Waals surface area contributed by atoms with E-state index in [1.54, 1.807) is 0 Å². The summed E-state index contributed by atoms with van der Waals surface area (Å²) < 4.78 is 24.8. The van der Waals surface area contributed by atoms with E-state index in [1.165, 1.54) is 0 Å². The molecule has 23 heavy (non-hydrogen) atoms. The van der Waals surface area contributed by atoms with Crippen molar-refractivity contribution in [1.29, 1.82) is 0 Å². The normalized spacial score (nSPS) is 30.3. The average molecular weight is 379 g/mol. The molecule has 1 heterocycles. The second-order valence-corrected chi connectivity index (χ2v) is 22.5. The highest BCUT2D eigenvalue weighted by Crippen LogP contribution is 2.29. The van der Waals surface area contributed by atoms with Gasteiger partial charge in [-0.15, -0.1) is 0 Å². The molecule has 1 aliphatic rings. The summed E-state index contributed by atoms with van der Waals surface area (Å²) in [6.45, 7) is 19.6. The summed E-state index contributed by atoms with van der Waals surface area (Å²) in [5.41, 5.74) is 0. The fourth-order valence-electron chi connectivity index (χ4n) is 2.56. The van der Waals surface area contributed by atoms with Crippen molar-refractivity contribution in [2.24, 2.45) is 0 Å². The Balaban J connectivity index is 3.10. The Morgan fingerprint density at radius 2 is 1.22 bits per heavy atom. The van der Waals surface area contributed by atoms with Gasteiger partial charge in [0.1, 0.15) is 18.3 Å². The topological polar surface area (TPSA) is 54.0 Å². The van der Waals surface area contributed by atoms with Gasteiger partial charge in [0.25, 0.3) is 0 Å². The summed E-state index contributed by atoms with van der Waals surface area (Å²) >= 11 is 0. The SMILES string of the molecule is C[Si](C)(C)OC1CO[C@H](C=O)C(O[Si](C)(C)C)C1O[Si](C)(C)C. The van der Waals surface area contributed by atoms with Gasteiger partial charge in [-0.05, 0) is 58.9 Å². The summed E-state index contributed by atoms with van der Waals surface area (Å²) in [6, 6.07) is 0. The summed E-state index contributed by atoms with van der Waals surface area (Å²) in [6.07, 6.45) is -0.545. The largest absolute Gasteiger partial charge is 0.410 e. The molecule has 0 aromatic heterocycles. The number of ether oxygens (including phenoxy) is 1. The lowest BCUT2D eigenvalue weighted by atomic mass is 10.0. The van der Waals surface area contributed by atoms with Gasteiger partial charge in [0.05, 0.1) is 12.7 Å².